The number of benzene rings is 4. The van der Waals surface area contributed by atoms with Crippen LogP contribution in [0.15, 0.2) is 114 Å². The molecule has 0 aliphatic heterocycles. The van der Waals surface area contributed by atoms with Gasteiger partial charge in [0.15, 0.2) is 0 Å². The van der Waals surface area contributed by atoms with Crippen LogP contribution >= 0.6 is 0 Å². The molecule has 0 radical (unpaired) electrons. The van der Waals surface area contributed by atoms with Crippen LogP contribution in [0.25, 0.3) is 0 Å². The Morgan fingerprint density at radius 2 is 1.44 bits per heavy atom. The molecule has 0 aromatic heterocycles. The Hall–Kier alpha value is -4.10. The van der Waals surface area contributed by atoms with Gasteiger partial charge in [-0.1, -0.05) is 66.7 Å². The zero-order valence-electron chi connectivity index (χ0n) is 18.5. The van der Waals surface area contributed by atoms with E-state index in [1.54, 1.807) is 48.5 Å². The second-order valence-corrected chi connectivity index (χ2v) is 9.26. The number of rotatable bonds is 8. The van der Waals surface area contributed by atoms with Crippen molar-refractivity contribution in [2.75, 3.05) is 11.4 Å². The summed E-state index contributed by atoms with van der Waals surface area (Å²) in [6, 6.07) is 30.6. The van der Waals surface area contributed by atoms with Gasteiger partial charge in [0.1, 0.15) is 11.5 Å². The molecule has 34 heavy (non-hydrogen) atoms. The minimum absolute atomic E-state index is 0.0307. The fraction of sp³-hybridized carbons (Fsp3) is 0.0741. The number of carbonyl (C=O) groups excluding carboxylic acids is 1. The molecule has 0 heterocycles. The van der Waals surface area contributed by atoms with Gasteiger partial charge in [0.2, 0.25) is 0 Å². The molecule has 0 aliphatic carbocycles. The van der Waals surface area contributed by atoms with Crippen molar-refractivity contribution in [3.63, 3.8) is 0 Å². The number of hydrogen-bond acceptors (Lipinski definition) is 5. The summed E-state index contributed by atoms with van der Waals surface area (Å²) >= 11 is 0. The summed E-state index contributed by atoms with van der Waals surface area (Å²) in [4.78, 5) is 12.6. The van der Waals surface area contributed by atoms with Gasteiger partial charge >= 0.3 is 5.97 Å². The van der Waals surface area contributed by atoms with Crippen molar-refractivity contribution in [3.8, 4) is 11.5 Å². The number of para-hydroxylation sites is 3. The second-order valence-electron chi connectivity index (χ2n) is 7.40. The van der Waals surface area contributed by atoms with E-state index in [1.165, 1.54) is 35.7 Å². The number of hydrogen-bond donors (Lipinski definition) is 0. The van der Waals surface area contributed by atoms with Gasteiger partial charge in [0.05, 0.1) is 29.8 Å². The summed E-state index contributed by atoms with van der Waals surface area (Å²) in [6.45, 7) is 0.0856. The van der Waals surface area contributed by atoms with Crippen molar-refractivity contribution in [1.82, 2.24) is 0 Å². The topological polar surface area (TPSA) is 72.9 Å². The van der Waals surface area contributed by atoms with E-state index in [9.17, 15) is 13.2 Å². The quantitative estimate of drug-likeness (QED) is 0.256. The number of anilines is 1. The molecule has 0 saturated carbocycles. The first-order valence-electron chi connectivity index (χ1n) is 10.6. The van der Waals surface area contributed by atoms with Gasteiger partial charge in [-0.2, -0.15) is 0 Å². The smallest absolute Gasteiger partial charge is 0.343 e. The fourth-order valence-corrected chi connectivity index (χ4v) is 4.96. The monoisotopic (exact) mass is 473 g/mol. The first kappa shape index (κ1) is 23.1. The molecule has 0 saturated heterocycles. The van der Waals surface area contributed by atoms with Crippen molar-refractivity contribution >= 4 is 21.7 Å². The molecule has 6 nitrogen and oxygen atoms in total. The van der Waals surface area contributed by atoms with Crippen LogP contribution in [-0.2, 0) is 16.6 Å². The Balaban J connectivity index is 1.73. The van der Waals surface area contributed by atoms with Gasteiger partial charge in [-0.15, -0.1) is 0 Å². The average molecular weight is 474 g/mol. The van der Waals surface area contributed by atoms with Crippen LogP contribution in [-0.4, -0.2) is 21.5 Å². The summed E-state index contributed by atoms with van der Waals surface area (Å²) in [6.07, 6.45) is 0. The minimum atomic E-state index is -4.07. The molecule has 0 unspecified atom stereocenters. The lowest BCUT2D eigenvalue weighted by molar-refractivity contribution is 0.0734. The van der Waals surface area contributed by atoms with Crippen LogP contribution in [0.4, 0.5) is 5.69 Å². The molecule has 172 valence electrons. The Morgan fingerprint density at radius 1 is 0.794 bits per heavy atom. The predicted molar refractivity (Wildman–Crippen MR) is 131 cm³/mol. The summed E-state index contributed by atoms with van der Waals surface area (Å²) in [5, 5.41) is 0. The summed E-state index contributed by atoms with van der Waals surface area (Å²) < 4.78 is 39.8. The average Bonchev–Trinajstić information content (AvgIpc) is 2.88. The molecule has 4 aromatic carbocycles. The number of carbonyl (C=O) groups is 1. The molecule has 0 aliphatic rings. The van der Waals surface area contributed by atoms with Gasteiger partial charge in [-0.05, 0) is 48.0 Å². The van der Waals surface area contributed by atoms with E-state index in [2.05, 4.69) is 0 Å². The van der Waals surface area contributed by atoms with E-state index in [4.69, 9.17) is 9.47 Å². The van der Waals surface area contributed by atoms with E-state index in [-0.39, 0.29) is 17.0 Å². The molecule has 0 amide bonds. The Morgan fingerprint density at radius 3 is 2.15 bits per heavy atom. The van der Waals surface area contributed by atoms with Crippen LogP contribution in [0.3, 0.4) is 0 Å². The Labute approximate surface area is 199 Å². The fourth-order valence-electron chi connectivity index (χ4n) is 3.45. The first-order valence-corrected chi connectivity index (χ1v) is 12.0. The SMILES string of the molecule is COc1ccccc1N(Cc1ccccc1)S(=O)(=O)c1cccc(C(=O)Oc2ccccc2)c1. The maximum Gasteiger partial charge on any atom is 0.343 e. The third-order valence-electron chi connectivity index (χ3n) is 5.13. The van der Waals surface area contributed by atoms with E-state index in [0.29, 0.717) is 17.2 Å². The normalized spacial score (nSPS) is 11.0. The lowest BCUT2D eigenvalue weighted by Gasteiger charge is -2.26. The van der Waals surface area contributed by atoms with E-state index in [0.717, 1.165) is 5.56 Å². The molecular formula is C27H23NO5S. The van der Waals surface area contributed by atoms with Gasteiger partial charge in [0, 0.05) is 0 Å². The number of ether oxygens (including phenoxy) is 2. The Bertz CT molecular complexity index is 1370. The molecule has 0 spiro atoms. The molecule has 4 rings (SSSR count). The van der Waals surface area contributed by atoms with Gasteiger partial charge in [0.25, 0.3) is 10.0 Å². The second kappa shape index (κ2) is 10.2. The molecule has 0 N–H and O–H groups in total. The predicted octanol–water partition coefficient (Wildman–Crippen LogP) is 5.31. The van der Waals surface area contributed by atoms with Crippen molar-refractivity contribution in [2.24, 2.45) is 0 Å². The van der Waals surface area contributed by atoms with Crippen molar-refractivity contribution in [2.45, 2.75) is 11.4 Å². The molecule has 0 fully saturated rings. The van der Waals surface area contributed by atoms with Crippen LogP contribution < -0.4 is 13.8 Å². The number of sulfonamides is 1. The number of methoxy groups -OCH3 is 1. The number of nitrogens with zero attached hydrogens (tertiary/aromatic N) is 1. The van der Waals surface area contributed by atoms with Crippen molar-refractivity contribution in [1.29, 1.82) is 0 Å². The third-order valence-corrected chi connectivity index (χ3v) is 6.89. The van der Waals surface area contributed by atoms with Gasteiger partial charge in [-0.3, -0.25) is 4.31 Å². The first-order chi connectivity index (χ1) is 16.5. The van der Waals surface area contributed by atoms with Gasteiger partial charge < -0.3 is 9.47 Å². The third kappa shape index (κ3) is 5.10. The number of esters is 1. The summed E-state index contributed by atoms with van der Waals surface area (Å²) in [7, 11) is -2.58. The summed E-state index contributed by atoms with van der Waals surface area (Å²) in [5.41, 5.74) is 1.33. The highest BCUT2D eigenvalue weighted by Gasteiger charge is 2.28. The van der Waals surface area contributed by atoms with E-state index < -0.39 is 16.0 Å². The molecule has 4 aromatic rings. The zero-order valence-corrected chi connectivity index (χ0v) is 19.3. The maximum atomic E-state index is 13.9. The van der Waals surface area contributed by atoms with E-state index >= 15 is 0 Å². The van der Waals surface area contributed by atoms with Crippen molar-refractivity contribution < 1.29 is 22.7 Å². The highest BCUT2D eigenvalue weighted by molar-refractivity contribution is 7.92. The lowest BCUT2D eigenvalue weighted by Crippen LogP contribution is -2.31. The lowest BCUT2D eigenvalue weighted by atomic mass is 10.2. The minimum Gasteiger partial charge on any atom is -0.495 e. The van der Waals surface area contributed by atoms with Gasteiger partial charge in [-0.25, -0.2) is 13.2 Å². The maximum absolute atomic E-state index is 13.9. The summed E-state index contributed by atoms with van der Waals surface area (Å²) in [5.74, 6) is 0.150. The van der Waals surface area contributed by atoms with Crippen LogP contribution in [0.5, 0.6) is 11.5 Å². The molecule has 0 atom stereocenters. The highest BCUT2D eigenvalue weighted by Crippen LogP contribution is 2.34. The largest absolute Gasteiger partial charge is 0.495 e. The standard InChI is InChI=1S/C27H23NO5S/c1-32-26-18-9-8-17-25(26)28(20-21-11-4-2-5-12-21)34(30,31)24-16-10-13-22(19-24)27(29)33-23-14-6-3-7-15-23/h2-19H,20H2,1H3. The van der Waals surface area contributed by atoms with Crippen LogP contribution in [0.2, 0.25) is 0 Å². The zero-order chi connectivity index (χ0) is 24.0. The molecule has 7 heteroatoms. The van der Waals surface area contributed by atoms with Crippen molar-refractivity contribution in [3.05, 3.63) is 120 Å². The van der Waals surface area contributed by atoms with Crippen LogP contribution in [0, 0.1) is 0 Å². The Kier molecular flexibility index (Phi) is 6.94. The van der Waals surface area contributed by atoms with Crippen LogP contribution in [0.1, 0.15) is 15.9 Å². The highest BCUT2D eigenvalue weighted by atomic mass is 32.2. The van der Waals surface area contributed by atoms with E-state index in [1.807, 2.05) is 36.4 Å². The molecular weight excluding hydrogens is 450 g/mol. The molecule has 0 bridgehead atoms.